The maximum atomic E-state index is 11.4. The predicted molar refractivity (Wildman–Crippen MR) is 54.2 cm³/mol. The Morgan fingerprint density at radius 2 is 2.07 bits per heavy atom. The molecule has 4 nitrogen and oxygen atoms in total. The van der Waals surface area contributed by atoms with Gasteiger partial charge in [0.15, 0.2) is 0 Å². The second-order valence-corrected chi connectivity index (χ2v) is 3.30. The van der Waals surface area contributed by atoms with Crippen molar-refractivity contribution in [2.24, 2.45) is 0 Å². The van der Waals surface area contributed by atoms with E-state index in [1.165, 1.54) is 0 Å². The van der Waals surface area contributed by atoms with E-state index < -0.39 is 5.69 Å². The molecule has 0 amide bonds. The summed E-state index contributed by atoms with van der Waals surface area (Å²) in [5.41, 5.74) is 1.45. The van der Waals surface area contributed by atoms with E-state index in [9.17, 15) is 9.59 Å². The van der Waals surface area contributed by atoms with Crippen LogP contribution in [0.15, 0.2) is 27.3 Å². The van der Waals surface area contributed by atoms with E-state index in [1.807, 2.05) is 19.1 Å². The topological polar surface area (TPSA) is 65.7 Å². The molecule has 4 heteroatoms. The number of aromatic nitrogens is 2. The highest BCUT2D eigenvalue weighted by Gasteiger charge is 2.07. The normalized spacial score (nSPS) is 14.5. The number of nitrogens with one attached hydrogen (secondary N) is 2. The van der Waals surface area contributed by atoms with Crippen LogP contribution < -0.4 is 11.2 Å². The summed E-state index contributed by atoms with van der Waals surface area (Å²) in [5.74, 6) is 0. The molecule has 0 spiro atoms. The van der Waals surface area contributed by atoms with Gasteiger partial charge in [0.1, 0.15) is 0 Å². The number of rotatable bonds is 0. The van der Waals surface area contributed by atoms with E-state index in [-0.39, 0.29) is 5.56 Å². The van der Waals surface area contributed by atoms with E-state index in [1.54, 1.807) is 6.08 Å². The Hall–Kier alpha value is -1.84. The molecule has 2 rings (SSSR count). The van der Waals surface area contributed by atoms with Crippen LogP contribution in [0.4, 0.5) is 0 Å². The van der Waals surface area contributed by atoms with Gasteiger partial charge in [-0.05, 0) is 13.0 Å². The fraction of sp³-hybridized carbons (Fsp3) is 0.200. The van der Waals surface area contributed by atoms with Crippen molar-refractivity contribution in [2.75, 3.05) is 0 Å². The van der Waals surface area contributed by atoms with E-state index in [2.05, 4.69) is 9.97 Å². The van der Waals surface area contributed by atoms with Gasteiger partial charge in [-0.1, -0.05) is 17.7 Å². The smallest absolute Gasteiger partial charge is 0.310 e. The number of hydrogen-bond donors (Lipinski definition) is 2. The highest BCUT2D eigenvalue weighted by atomic mass is 16.2. The molecule has 0 saturated heterocycles. The van der Waals surface area contributed by atoms with Crippen LogP contribution in [0.2, 0.25) is 0 Å². The highest BCUT2D eigenvalue weighted by Crippen LogP contribution is 2.11. The van der Waals surface area contributed by atoms with Gasteiger partial charge in [0, 0.05) is 12.1 Å². The first-order chi connectivity index (χ1) is 6.66. The molecule has 0 saturated carbocycles. The van der Waals surface area contributed by atoms with Crippen LogP contribution in [0.1, 0.15) is 18.2 Å². The Morgan fingerprint density at radius 3 is 2.86 bits per heavy atom. The molecule has 0 atom stereocenters. The molecule has 1 aliphatic rings. The van der Waals surface area contributed by atoms with Crippen molar-refractivity contribution in [3.05, 3.63) is 49.8 Å². The SMILES string of the molecule is CC1=Cc2c([nH]c(=O)[nH]c2=O)CC=C1. The fourth-order valence-corrected chi connectivity index (χ4v) is 1.50. The monoisotopic (exact) mass is 190 g/mol. The summed E-state index contributed by atoms with van der Waals surface area (Å²) >= 11 is 0. The van der Waals surface area contributed by atoms with Crippen LogP contribution in [0.25, 0.3) is 6.08 Å². The van der Waals surface area contributed by atoms with Crippen molar-refractivity contribution in [3.8, 4) is 0 Å². The largest absolute Gasteiger partial charge is 0.325 e. The second-order valence-electron chi connectivity index (χ2n) is 3.30. The summed E-state index contributed by atoms with van der Waals surface area (Å²) in [4.78, 5) is 27.3. The van der Waals surface area contributed by atoms with Crippen molar-refractivity contribution in [2.45, 2.75) is 13.3 Å². The van der Waals surface area contributed by atoms with E-state index >= 15 is 0 Å². The predicted octanol–water partition coefficient (Wildman–Crippen LogP) is 0.579. The molecule has 0 unspecified atom stereocenters. The van der Waals surface area contributed by atoms with Crippen molar-refractivity contribution >= 4 is 6.08 Å². The first-order valence-electron chi connectivity index (χ1n) is 4.37. The third-order valence-corrected chi connectivity index (χ3v) is 2.14. The third kappa shape index (κ3) is 1.46. The zero-order valence-corrected chi connectivity index (χ0v) is 7.76. The lowest BCUT2D eigenvalue weighted by Crippen LogP contribution is -2.26. The molecular formula is C10H10N2O2. The zero-order valence-electron chi connectivity index (χ0n) is 7.76. The Labute approximate surface area is 80.0 Å². The van der Waals surface area contributed by atoms with Crippen LogP contribution in [-0.4, -0.2) is 9.97 Å². The van der Waals surface area contributed by atoms with Gasteiger partial charge in [-0.25, -0.2) is 4.79 Å². The van der Waals surface area contributed by atoms with Gasteiger partial charge in [-0.3, -0.25) is 9.78 Å². The standard InChI is InChI=1S/C10H10N2O2/c1-6-3-2-4-8-7(5-6)9(13)12-10(14)11-8/h2-3,5H,4H2,1H3,(H2,11,12,13,14). The molecule has 14 heavy (non-hydrogen) atoms. The van der Waals surface area contributed by atoms with Gasteiger partial charge >= 0.3 is 5.69 Å². The molecule has 1 heterocycles. The van der Waals surface area contributed by atoms with Crippen molar-refractivity contribution in [1.29, 1.82) is 0 Å². The molecule has 2 N–H and O–H groups in total. The minimum absolute atomic E-state index is 0.327. The van der Waals surface area contributed by atoms with Crippen LogP contribution in [-0.2, 0) is 6.42 Å². The second kappa shape index (κ2) is 3.14. The lowest BCUT2D eigenvalue weighted by Gasteiger charge is -1.99. The molecule has 72 valence electrons. The minimum atomic E-state index is -0.449. The van der Waals surface area contributed by atoms with Gasteiger partial charge in [0.05, 0.1) is 5.56 Å². The summed E-state index contributed by atoms with van der Waals surface area (Å²) in [5, 5.41) is 0. The molecule has 0 bridgehead atoms. The van der Waals surface area contributed by atoms with Crippen LogP contribution >= 0.6 is 0 Å². The maximum absolute atomic E-state index is 11.4. The first kappa shape index (κ1) is 8.74. The third-order valence-electron chi connectivity index (χ3n) is 2.14. The van der Waals surface area contributed by atoms with Crippen LogP contribution in [0.3, 0.4) is 0 Å². The Balaban J connectivity index is 2.77. The molecular weight excluding hydrogens is 180 g/mol. The van der Waals surface area contributed by atoms with E-state index in [0.717, 1.165) is 5.57 Å². The molecule has 0 radical (unpaired) electrons. The average molecular weight is 190 g/mol. The summed E-state index contributed by atoms with van der Waals surface area (Å²) in [7, 11) is 0. The zero-order chi connectivity index (χ0) is 10.1. The Bertz CT molecular complexity index is 532. The minimum Gasteiger partial charge on any atom is -0.310 e. The van der Waals surface area contributed by atoms with Gasteiger partial charge in [0.2, 0.25) is 0 Å². The van der Waals surface area contributed by atoms with Crippen LogP contribution in [0.5, 0.6) is 0 Å². The van der Waals surface area contributed by atoms with Crippen molar-refractivity contribution in [1.82, 2.24) is 9.97 Å². The number of fused-ring (bicyclic) bond motifs is 1. The van der Waals surface area contributed by atoms with E-state index in [0.29, 0.717) is 17.7 Å². The summed E-state index contributed by atoms with van der Waals surface area (Å²) in [6.07, 6.45) is 6.21. The van der Waals surface area contributed by atoms with Crippen molar-refractivity contribution < 1.29 is 0 Å². The molecule has 0 aliphatic heterocycles. The van der Waals surface area contributed by atoms with E-state index in [4.69, 9.17) is 0 Å². The summed E-state index contributed by atoms with van der Waals surface area (Å²) in [6.45, 7) is 1.91. The maximum Gasteiger partial charge on any atom is 0.325 e. The number of hydrogen-bond acceptors (Lipinski definition) is 2. The van der Waals surface area contributed by atoms with Gasteiger partial charge in [0.25, 0.3) is 5.56 Å². The lowest BCUT2D eigenvalue weighted by atomic mass is 10.1. The van der Waals surface area contributed by atoms with Crippen LogP contribution in [0, 0.1) is 0 Å². The Kier molecular flexibility index (Phi) is 1.96. The molecule has 1 aliphatic carbocycles. The number of allylic oxidation sites excluding steroid dienone is 3. The molecule has 1 aromatic heterocycles. The molecule has 0 fully saturated rings. The summed E-state index contributed by atoms with van der Waals surface area (Å²) in [6, 6.07) is 0. The molecule has 0 aromatic carbocycles. The summed E-state index contributed by atoms with van der Waals surface area (Å²) < 4.78 is 0. The molecule has 1 aromatic rings. The fourth-order valence-electron chi connectivity index (χ4n) is 1.50. The van der Waals surface area contributed by atoms with Gasteiger partial charge in [-0.15, -0.1) is 0 Å². The van der Waals surface area contributed by atoms with Gasteiger partial charge < -0.3 is 4.98 Å². The first-order valence-corrected chi connectivity index (χ1v) is 4.37. The average Bonchev–Trinajstić information content (AvgIpc) is 2.27. The van der Waals surface area contributed by atoms with Gasteiger partial charge in [-0.2, -0.15) is 0 Å². The lowest BCUT2D eigenvalue weighted by molar-refractivity contribution is 0.958. The van der Waals surface area contributed by atoms with Crippen molar-refractivity contribution in [3.63, 3.8) is 0 Å². The number of aromatic amines is 2. The quantitative estimate of drug-likeness (QED) is 0.628. The Morgan fingerprint density at radius 1 is 1.29 bits per heavy atom. The highest BCUT2D eigenvalue weighted by molar-refractivity contribution is 5.58. The number of H-pyrrole nitrogens is 2.